The average molecular weight is 295 g/mol. The van der Waals surface area contributed by atoms with Gasteiger partial charge in [-0.15, -0.1) is 11.3 Å². The van der Waals surface area contributed by atoms with E-state index in [-0.39, 0.29) is 17.6 Å². The zero-order valence-corrected chi connectivity index (χ0v) is 11.4. The molecule has 0 spiro atoms. The molecule has 2 rings (SSSR count). The Hall–Kier alpha value is -2.22. The van der Waals surface area contributed by atoms with Gasteiger partial charge < -0.3 is 15.7 Å². The summed E-state index contributed by atoms with van der Waals surface area (Å²) in [6.45, 7) is 1.36. The predicted molar refractivity (Wildman–Crippen MR) is 72.6 cm³/mol. The summed E-state index contributed by atoms with van der Waals surface area (Å²) in [5.74, 6) is -2.11. The first-order valence-corrected chi connectivity index (χ1v) is 6.79. The van der Waals surface area contributed by atoms with E-state index in [2.05, 4.69) is 15.6 Å². The Labute approximate surface area is 118 Å². The molecule has 0 saturated carbocycles. The summed E-state index contributed by atoms with van der Waals surface area (Å²) in [5, 5.41) is 15.9. The van der Waals surface area contributed by atoms with Crippen LogP contribution < -0.4 is 10.6 Å². The van der Waals surface area contributed by atoms with E-state index in [4.69, 9.17) is 5.11 Å². The standard InChI is InChI=1S/C12H13N3O4S/c1-6(16)13-12-15-9(5-20-12)10(17)14-8-3-2-7(4-8)11(18)19/h2-3,5,7-8H,4H2,1H3,(H,14,17)(H,18,19)(H,13,15,16). The van der Waals surface area contributed by atoms with Crippen LogP contribution in [0.1, 0.15) is 23.8 Å². The van der Waals surface area contributed by atoms with Crippen LogP contribution in [0.15, 0.2) is 17.5 Å². The third-order valence-electron chi connectivity index (χ3n) is 2.74. The number of aliphatic carboxylic acids is 1. The molecule has 20 heavy (non-hydrogen) atoms. The van der Waals surface area contributed by atoms with Gasteiger partial charge >= 0.3 is 5.97 Å². The minimum atomic E-state index is -0.903. The van der Waals surface area contributed by atoms with E-state index < -0.39 is 17.8 Å². The normalized spacial score (nSPS) is 20.6. The Morgan fingerprint density at radius 1 is 1.40 bits per heavy atom. The quantitative estimate of drug-likeness (QED) is 0.714. The van der Waals surface area contributed by atoms with Gasteiger partial charge in [-0.2, -0.15) is 0 Å². The van der Waals surface area contributed by atoms with Gasteiger partial charge in [0.1, 0.15) is 5.69 Å². The maximum Gasteiger partial charge on any atom is 0.310 e. The summed E-state index contributed by atoms with van der Waals surface area (Å²) in [6, 6.07) is -0.311. The SMILES string of the molecule is CC(=O)Nc1nc(C(=O)NC2C=CC(C(=O)O)C2)cs1. The van der Waals surface area contributed by atoms with Gasteiger partial charge in [0, 0.05) is 18.3 Å². The van der Waals surface area contributed by atoms with Gasteiger partial charge in [0.15, 0.2) is 5.13 Å². The number of nitrogens with zero attached hydrogens (tertiary/aromatic N) is 1. The number of rotatable bonds is 4. The highest BCUT2D eigenvalue weighted by atomic mass is 32.1. The molecule has 0 aromatic carbocycles. The van der Waals surface area contributed by atoms with Gasteiger partial charge in [0.2, 0.25) is 5.91 Å². The maximum absolute atomic E-state index is 11.9. The molecule has 1 aromatic rings. The van der Waals surface area contributed by atoms with E-state index in [1.165, 1.54) is 12.3 Å². The second-order valence-electron chi connectivity index (χ2n) is 4.36. The number of nitrogens with one attached hydrogen (secondary N) is 2. The molecule has 106 valence electrons. The molecule has 1 aliphatic carbocycles. The number of thiazole rings is 1. The molecule has 7 nitrogen and oxygen atoms in total. The minimum Gasteiger partial charge on any atom is -0.481 e. The van der Waals surface area contributed by atoms with Crippen molar-refractivity contribution in [3.63, 3.8) is 0 Å². The Bertz CT molecular complexity index is 581. The van der Waals surface area contributed by atoms with Crippen LogP contribution in [0.5, 0.6) is 0 Å². The van der Waals surface area contributed by atoms with Crippen LogP contribution in [-0.2, 0) is 9.59 Å². The first-order valence-electron chi connectivity index (χ1n) is 5.91. The van der Waals surface area contributed by atoms with Crippen LogP contribution >= 0.6 is 11.3 Å². The molecule has 0 bridgehead atoms. The number of carbonyl (C=O) groups excluding carboxylic acids is 2. The minimum absolute atomic E-state index is 0.200. The molecular formula is C12H13N3O4S. The van der Waals surface area contributed by atoms with Crippen molar-refractivity contribution in [3.05, 3.63) is 23.2 Å². The smallest absolute Gasteiger partial charge is 0.310 e. The number of hydrogen-bond acceptors (Lipinski definition) is 5. The van der Waals surface area contributed by atoms with Gasteiger partial charge in [-0.05, 0) is 6.42 Å². The lowest BCUT2D eigenvalue weighted by atomic mass is 10.1. The molecular weight excluding hydrogens is 282 g/mol. The lowest BCUT2D eigenvalue weighted by Crippen LogP contribution is -2.33. The molecule has 2 atom stereocenters. The maximum atomic E-state index is 11.9. The number of anilines is 1. The monoisotopic (exact) mass is 295 g/mol. The van der Waals surface area contributed by atoms with Crippen molar-refractivity contribution in [1.82, 2.24) is 10.3 Å². The van der Waals surface area contributed by atoms with Crippen LogP contribution in [0.4, 0.5) is 5.13 Å². The molecule has 0 saturated heterocycles. The molecule has 1 aromatic heterocycles. The van der Waals surface area contributed by atoms with Gasteiger partial charge in [-0.1, -0.05) is 12.2 Å². The van der Waals surface area contributed by atoms with Gasteiger partial charge in [0.25, 0.3) is 5.91 Å². The third kappa shape index (κ3) is 3.41. The summed E-state index contributed by atoms with van der Waals surface area (Å²) in [6.07, 6.45) is 3.57. The molecule has 1 heterocycles. The van der Waals surface area contributed by atoms with Gasteiger partial charge in [-0.3, -0.25) is 14.4 Å². The summed E-state index contributed by atoms with van der Waals surface area (Å²) in [5.41, 5.74) is 0.200. The molecule has 0 aliphatic heterocycles. The first-order chi connectivity index (χ1) is 9.45. The zero-order chi connectivity index (χ0) is 14.7. The second kappa shape index (κ2) is 5.83. The van der Waals surface area contributed by atoms with Crippen molar-refractivity contribution < 1.29 is 19.5 Å². The summed E-state index contributed by atoms with van der Waals surface area (Å²) in [4.78, 5) is 37.6. The van der Waals surface area contributed by atoms with Gasteiger partial charge in [0.05, 0.1) is 5.92 Å². The molecule has 2 unspecified atom stereocenters. The number of aromatic nitrogens is 1. The van der Waals surface area contributed by atoms with Crippen molar-refractivity contribution >= 4 is 34.3 Å². The predicted octanol–water partition coefficient (Wildman–Crippen LogP) is 0.861. The first kappa shape index (κ1) is 14.2. The van der Waals surface area contributed by atoms with Crippen LogP contribution in [0.25, 0.3) is 0 Å². The topological polar surface area (TPSA) is 108 Å². The van der Waals surface area contributed by atoms with Crippen molar-refractivity contribution in [2.75, 3.05) is 5.32 Å². The lowest BCUT2D eigenvalue weighted by molar-refractivity contribution is -0.140. The van der Waals surface area contributed by atoms with E-state index in [1.54, 1.807) is 12.2 Å². The largest absolute Gasteiger partial charge is 0.481 e. The van der Waals surface area contributed by atoms with Crippen LogP contribution in [-0.4, -0.2) is 33.9 Å². The van der Waals surface area contributed by atoms with Crippen LogP contribution in [0, 0.1) is 5.92 Å². The van der Waals surface area contributed by atoms with Gasteiger partial charge in [-0.25, -0.2) is 4.98 Å². The third-order valence-corrected chi connectivity index (χ3v) is 3.49. The highest BCUT2D eigenvalue weighted by Crippen LogP contribution is 2.19. The lowest BCUT2D eigenvalue weighted by Gasteiger charge is -2.10. The zero-order valence-electron chi connectivity index (χ0n) is 10.6. The molecule has 0 radical (unpaired) electrons. The van der Waals surface area contributed by atoms with E-state index in [1.807, 2.05) is 0 Å². The van der Waals surface area contributed by atoms with Crippen molar-refractivity contribution in [3.8, 4) is 0 Å². The van der Waals surface area contributed by atoms with E-state index in [0.717, 1.165) is 11.3 Å². The fourth-order valence-corrected chi connectivity index (χ4v) is 2.55. The second-order valence-corrected chi connectivity index (χ2v) is 5.22. The molecule has 3 N–H and O–H groups in total. The van der Waals surface area contributed by atoms with E-state index in [0.29, 0.717) is 11.6 Å². The number of carboxylic acids is 1. The van der Waals surface area contributed by atoms with E-state index in [9.17, 15) is 14.4 Å². The number of carbonyl (C=O) groups is 3. The van der Waals surface area contributed by atoms with Crippen molar-refractivity contribution in [2.24, 2.45) is 5.92 Å². The van der Waals surface area contributed by atoms with Crippen molar-refractivity contribution in [1.29, 1.82) is 0 Å². The van der Waals surface area contributed by atoms with E-state index >= 15 is 0 Å². The highest BCUT2D eigenvalue weighted by molar-refractivity contribution is 7.14. The van der Waals surface area contributed by atoms with Crippen molar-refractivity contribution in [2.45, 2.75) is 19.4 Å². The number of hydrogen-bond donors (Lipinski definition) is 3. The molecule has 2 amide bonds. The molecule has 0 fully saturated rings. The number of carboxylic acid groups (broad SMARTS) is 1. The van der Waals surface area contributed by atoms with Crippen LogP contribution in [0.2, 0.25) is 0 Å². The summed E-state index contributed by atoms with van der Waals surface area (Å²) in [7, 11) is 0. The summed E-state index contributed by atoms with van der Waals surface area (Å²) >= 11 is 1.15. The Kier molecular flexibility index (Phi) is 4.14. The Morgan fingerprint density at radius 2 is 2.15 bits per heavy atom. The highest BCUT2D eigenvalue weighted by Gasteiger charge is 2.26. The molecule has 8 heteroatoms. The number of amides is 2. The van der Waals surface area contributed by atoms with Crippen LogP contribution in [0.3, 0.4) is 0 Å². The summed E-state index contributed by atoms with van der Waals surface area (Å²) < 4.78 is 0. The average Bonchev–Trinajstić information content (AvgIpc) is 2.97. The Balaban J connectivity index is 1.93. The Morgan fingerprint density at radius 3 is 2.75 bits per heavy atom. The fourth-order valence-electron chi connectivity index (χ4n) is 1.82. The molecule has 1 aliphatic rings. The fraction of sp³-hybridized carbons (Fsp3) is 0.333.